The van der Waals surface area contributed by atoms with Gasteiger partial charge in [0.25, 0.3) is 0 Å². The van der Waals surface area contributed by atoms with Gasteiger partial charge in [0, 0.05) is 34.3 Å². The minimum absolute atomic E-state index is 0.432. The van der Waals surface area contributed by atoms with Gasteiger partial charge in [-0.15, -0.1) is 0 Å². The lowest BCUT2D eigenvalue weighted by Gasteiger charge is -2.16. The number of aliphatic imine (C=N–C) groups is 2. The SMILES string of the molecule is CC(C)c1cccc(C(C)C)c1N=Cc1cscc1C=Nc1c(C(C)C)cccc1C(C)C. The monoisotopic (exact) mass is 458 g/mol. The van der Waals surface area contributed by atoms with Crippen LogP contribution in [0.2, 0.25) is 0 Å². The molecule has 174 valence electrons. The first-order valence-electron chi connectivity index (χ1n) is 12.1. The molecule has 0 unspecified atom stereocenters. The first kappa shape index (κ1) is 25.1. The van der Waals surface area contributed by atoms with Crippen molar-refractivity contribution in [3.63, 3.8) is 0 Å². The van der Waals surface area contributed by atoms with Crippen LogP contribution >= 0.6 is 11.3 Å². The quantitative estimate of drug-likeness (QED) is 0.300. The average Bonchev–Trinajstić information content (AvgIpc) is 3.22. The van der Waals surface area contributed by atoms with E-state index in [-0.39, 0.29) is 0 Å². The van der Waals surface area contributed by atoms with E-state index in [1.807, 2.05) is 12.4 Å². The zero-order valence-corrected chi connectivity index (χ0v) is 22.2. The standard InChI is InChI=1S/C30H38N2S/c1-19(2)25-11-9-12-26(20(3)4)29(25)31-15-23-17-33-18-24(23)16-32-30-27(21(5)6)13-10-14-28(30)22(7)8/h9-22H,1-8H3. The summed E-state index contributed by atoms with van der Waals surface area (Å²) in [6.45, 7) is 17.9. The van der Waals surface area contributed by atoms with Gasteiger partial charge in [-0.25, -0.2) is 0 Å². The molecule has 2 aromatic carbocycles. The molecule has 0 spiro atoms. The van der Waals surface area contributed by atoms with Gasteiger partial charge in [0.2, 0.25) is 0 Å². The van der Waals surface area contributed by atoms with Crippen molar-refractivity contribution in [1.82, 2.24) is 0 Å². The zero-order chi connectivity index (χ0) is 24.1. The molecule has 2 nitrogen and oxygen atoms in total. The molecule has 1 aromatic heterocycles. The second kappa shape index (κ2) is 11.1. The molecule has 0 saturated heterocycles. The van der Waals surface area contributed by atoms with E-state index in [0.29, 0.717) is 23.7 Å². The van der Waals surface area contributed by atoms with Crippen LogP contribution in [0.5, 0.6) is 0 Å². The summed E-state index contributed by atoms with van der Waals surface area (Å²) in [5.41, 5.74) is 9.67. The molecule has 0 aliphatic carbocycles. The molecule has 0 aliphatic heterocycles. The third-order valence-corrected chi connectivity index (χ3v) is 6.85. The molecule has 0 aliphatic rings. The van der Waals surface area contributed by atoms with E-state index in [0.717, 1.165) is 22.5 Å². The van der Waals surface area contributed by atoms with E-state index >= 15 is 0 Å². The lowest BCUT2D eigenvalue weighted by atomic mass is 9.93. The molecule has 0 saturated carbocycles. The lowest BCUT2D eigenvalue weighted by Crippen LogP contribution is -1.97. The van der Waals surface area contributed by atoms with Crippen molar-refractivity contribution in [2.45, 2.75) is 79.1 Å². The highest BCUT2D eigenvalue weighted by Gasteiger charge is 2.14. The average molecular weight is 459 g/mol. The summed E-state index contributed by atoms with van der Waals surface area (Å²) in [6.07, 6.45) is 4.03. The fourth-order valence-electron chi connectivity index (χ4n) is 4.12. The van der Waals surface area contributed by atoms with Gasteiger partial charge < -0.3 is 0 Å². The Morgan fingerprint density at radius 3 is 1.12 bits per heavy atom. The van der Waals surface area contributed by atoms with Gasteiger partial charge in [0.1, 0.15) is 0 Å². The Balaban J connectivity index is 2.00. The van der Waals surface area contributed by atoms with Crippen LogP contribution in [0.25, 0.3) is 0 Å². The molecule has 0 bridgehead atoms. The lowest BCUT2D eigenvalue weighted by molar-refractivity contribution is 0.834. The van der Waals surface area contributed by atoms with Gasteiger partial charge >= 0.3 is 0 Å². The largest absolute Gasteiger partial charge is 0.256 e. The second-order valence-corrected chi connectivity index (χ2v) is 10.7. The van der Waals surface area contributed by atoms with E-state index < -0.39 is 0 Å². The first-order chi connectivity index (χ1) is 15.7. The maximum atomic E-state index is 5.02. The van der Waals surface area contributed by atoms with Gasteiger partial charge in [-0.2, -0.15) is 11.3 Å². The van der Waals surface area contributed by atoms with Crippen molar-refractivity contribution in [1.29, 1.82) is 0 Å². The highest BCUT2D eigenvalue weighted by atomic mass is 32.1. The minimum Gasteiger partial charge on any atom is -0.256 e. The summed E-state index contributed by atoms with van der Waals surface area (Å²) in [5.74, 6) is 1.73. The van der Waals surface area contributed by atoms with Crippen molar-refractivity contribution in [2.75, 3.05) is 0 Å². The van der Waals surface area contributed by atoms with Gasteiger partial charge in [-0.1, -0.05) is 91.8 Å². The summed E-state index contributed by atoms with van der Waals surface area (Å²) in [5, 5.41) is 4.32. The van der Waals surface area contributed by atoms with E-state index in [1.54, 1.807) is 11.3 Å². The fraction of sp³-hybridized carbons (Fsp3) is 0.400. The first-order valence-corrected chi connectivity index (χ1v) is 13.0. The fourth-order valence-corrected chi connectivity index (χ4v) is 4.87. The highest BCUT2D eigenvalue weighted by molar-refractivity contribution is 7.08. The number of thiophene rings is 1. The van der Waals surface area contributed by atoms with Gasteiger partial charge in [-0.05, 0) is 45.9 Å². The summed E-state index contributed by atoms with van der Waals surface area (Å²) >= 11 is 1.70. The van der Waals surface area contributed by atoms with Gasteiger partial charge in [0.05, 0.1) is 11.4 Å². The third kappa shape index (κ3) is 5.89. The summed E-state index contributed by atoms with van der Waals surface area (Å²) in [7, 11) is 0. The predicted molar refractivity (Wildman–Crippen MR) is 148 cm³/mol. The Bertz CT molecular complexity index is 989. The second-order valence-electron chi connectivity index (χ2n) is 9.99. The topological polar surface area (TPSA) is 24.7 Å². The van der Waals surface area contributed by atoms with Gasteiger partial charge in [-0.3, -0.25) is 9.98 Å². The Labute approximate surface area is 204 Å². The Kier molecular flexibility index (Phi) is 8.42. The molecule has 33 heavy (non-hydrogen) atoms. The number of para-hydroxylation sites is 2. The number of hydrogen-bond donors (Lipinski definition) is 0. The molecule has 0 amide bonds. The van der Waals surface area contributed by atoms with Crippen LogP contribution in [0.1, 0.15) is 112 Å². The van der Waals surface area contributed by atoms with Crippen LogP contribution < -0.4 is 0 Å². The zero-order valence-electron chi connectivity index (χ0n) is 21.4. The van der Waals surface area contributed by atoms with Crippen molar-refractivity contribution < 1.29 is 0 Å². The molecule has 0 fully saturated rings. The summed E-state index contributed by atoms with van der Waals surface area (Å²) < 4.78 is 0. The van der Waals surface area contributed by atoms with Crippen molar-refractivity contribution in [2.24, 2.45) is 9.98 Å². The summed E-state index contributed by atoms with van der Waals surface area (Å²) in [6, 6.07) is 13.1. The Morgan fingerprint density at radius 1 is 0.545 bits per heavy atom. The van der Waals surface area contributed by atoms with Crippen LogP contribution in [0, 0.1) is 0 Å². The normalized spacial score (nSPS) is 12.5. The van der Waals surface area contributed by atoms with Crippen LogP contribution in [-0.2, 0) is 0 Å². The molecule has 3 heteroatoms. The molecular formula is C30H38N2S. The molecule has 0 atom stereocenters. The van der Waals surface area contributed by atoms with Crippen molar-refractivity contribution in [3.8, 4) is 0 Å². The minimum atomic E-state index is 0.432. The molecule has 3 aromatic rings. The highest BCUT2D eigenvalue weighted by Crippen LogP contribution is 2.36. The Morgan fingerprint density at radius 2 is 0.848 bits per heavy atom. The van der Waals surface area contributed by atoms with Crippen molar-refractivity contribution >= 4 is 35.1 Å². The molecular weight excluding hydrogens is 420 g/mol. The number of hydrogen-bond acceptors (Lipinski definition) is 3. The molecule has 0 N–H and O–H groups in total. The maximum absolute atomic E-state index is 5.02. The smallest absolute Gasteiger partial charge is 0.0699 e. The van der Waals surface area contributed by atoms with Crippen LogP contribution in [0.4, 0.5) is 11.4 Å². The van der Waals surface area contributed by atoms with Gasteiger partial charge in [0.15, 0.2) is 0 Å². The van der Waals surface area contributed by atoms with Crippen LogP contribution in [0.15, 0.2) is 57.1 Å². The van der Waals surface area contributed by atoms with E-state index in [9.17, 15) is 0 Å². The summed E-state index contributed by atoms with van der Waals surface area (Å²) in [4.78, 5) is 10.0. The van der Waals surface area contributed by atoms with Crippen LogP contribution in [-0.4, -0.2) is 12.4 Å². The number of rotatable bonds is 8. The van der Waals surface area contributed by atoms with Crippen LogP contribution in [0.3, 0.4) is 0 Å². The third-order valence-electron chi connectivity index (χ3n) is 6.07. The van der Waals surface area contributed by atoms with Crippen molar-refractivity contribution in [3.05, 3.63) is 80.5 Å². The molecule has 1 heterocycles. The molecule has 3 rings (SSSR count). The van der Waals surface area contributed by atoms with E-state index in [4.69, 9.17) is 9.98 Å². The number of nitrogens with zero attached hydrogens (tertiary/aromatic N) is 2. The maximum Gasteiger partial charge on any atom is 0.0699 e. The Hall–Kier alpha value is -2.52. The van der Waals surface area contributed by atoms with E-state index in [2.05, 4.69) is 103 Å². The van der Waals surface area contributed by atoms with E-state index in [1.165, 1.54) is 22.3 Å². The number of benzene rings is 2. The molecule has 0 radical (unpaired) electrons. The predicted octanol–water partition coefficient (Wildman–Crippen LogP) is 9.74.